The fourth-order valence-electron chi connectivity index (χ4n) is 2.76. The number of anilines is 1. The molecular formula is C20H18ClF3N4OS. The van der Waals surface area contributed by atoms with Crippen LogP contribution in [0, 0.1) is 6.92 Å². The molecule has 0 unspecified atom stereocenters. The van der Waals surface area contributed by atoms with Crippen LogP contribution in [0.15, 0.2) is 47.6 Å². The number of thioether (sulfide) groups is 1. The molecule has 1 heterocycles. The number of nitrogens with zero attached hydrogens (tertiary/aromatic N) is 3. The molecule has 158 valence electrons. The summed E-state index contributed by atoms with van der Waals surface area (Å²) < 4.78 is 40.7. The number of carbonyl (C=O) groups excluding carboxylic acids is 1. The Hall–Kier alpha value is -2.52. The van der Waals surface area contributed by atoms with Gasteiger partial charge in [0.1, 0.15) is 5.82 Å². The topological polar surface area (TPSA) is 59.8 Å². The first kappa shape index (κ1) is 22.2. The molecule has 3 rings (SSSR count). The van der Waals surface area contributed by atoms with Crippen molar-refractivity contribution >= 4 is 35.0 Å². The van der Waals surface area contributed by atoms with Crippen LogP contribution < -0.4 is 5.32 Å². The van der Waals surface area contributed by atoms with Gasteiger partial charge in [0.2, 0.25) is 5.91 Å². The van der Waals surface area contributed by atoms with Gasteiger partial charge < -0.3 is 5.32 Å². The average Bonchev–Trinajstić information content (AvgIpc) is 3.07. The summed E-state index contributed by atoms with van der Waals surface area (Å²) in [5.41, 5.74) is 1.08. The van der Waals surface area contributed by atoms with E-state index >= 15 is 0 Å². The Morgan fingerprint density at radius 2 is 1.87 bits per heavy atom. The molecule has 30 heavy (non-hydrogen) atoms. The summed E-state index contributed by atoms with van der Waals surface area (Å²) in [6, 6.07) is 11.2. The van der Waals surface area contributed by atoms with E-state index in [1.807, 2.05) is 28.8 Å². The monoisotopic (exact) mass is 454 g/mol. The standard InChI is InChI=1S/C20H18ClF3N4OS/c1-3-13-4-7-15(8-5-13)28-12(2)26-27-19(28)30-11-18(29)25-14-6-9-17(21)16(10-14)20(22,23)24/h4-10H,3,11H2,1-2H3,(H,25,29). The second-order valence-corrected chi connectivity index (χ2v) is 7.76. The van der Waals surface area contributed by atoms with E-state index < -0.39 is 22.7 Å². The van der Waals surface area contributed by atoms with Gasteiger partial charge in [-0.15, -0.1) is 10.2 Å². The number of halogens is 4. The van der Waals surface area contributed by atoms with Gasteiger partial charge in [-0.1, -0.05) is 42.4 Å². The van der Waals surface area contributed by atoms with Gasteiger partial charge in [0.25, 0.3) is 0 Å². The highest BCUT2D eigenvalue weighted by molar-refractivity contribution is 7.99. The quantitative estimate of drug-likeness (QED) is 0.497. The van der Waals surface area contributed by atoms with E-state index in [9.17, 15) is 18.0 Å². The largest absolute Gasteiger partial charge is 0.417 e. The second kappa shape index (κ2) is 9.09. The minimum absolute atomic E-state index is 0.0186. The normalized spacial score (nSPS) is 11.5. The van der Waals surface area contributed by atoms with Gasteiger partial charge in [0.05, 0.1) is 16.3 Å². The van der Waals surface area contributed by atoms with Crippen molar-refractivity contribution in [2.24, 2.45) is 0 Å². The van der Waals surface area contributed by atoms with Crippen molar-refractivity contribution in [2.75, 3.05) is 11.1 Å². The van der Waals surface area contributed by atoms with Crippen molar-refractivity contribution in [3.8, 4) is 5.69 Å². The van der Waals surface area contributed by atoms with Gasteiger partial charge in [0.15, 0.2) is 5.16 Å². The number of rotatable bonds is 6. The molecule has 0 bridgehead atoms. The molecule has 0 aliphatic heterocycles. The summed E-state index contributed by atoms with van der Waals surface area (Å²) in [4.78, 5) is 12.3. The first-order valence-electron chi connectivity index (χ1n) is 8.99. The maximum atomic E-state index is 13.0. The second-order valence-electron chi connectivity index (χ2n) is 6.41. The molecule has 0 fully saturated rings. The predicted molar refractivity (Wildman–Crippen MR) is 111 cm³/mol. The van der Waals surface area contributed by atoms with Crippen LogP contribution in [0.25, 0.3) is 5.69 Å². The van der Waals surface area contributed by atoms with Gasteiger partial charge >= 0.3 is 6.18 Å². The van der Waals surface area contributed by atoms with Crippen molar-refractivity contribution in [1.82, 2.24) is 14.8 Å². The molecule has 0 saturated heterocycles. The average molecular weight is 455 g/mol. The molecule has 1 N–H and O–H groups in total. The van der Waals surface area contributed by atoms with E-state index in [4.69, 9.17) is 11.6 Å². The first-order chi connectivity index (χ1) is 14.2. The van der Waals surface area contributed by atoms with E-state index in [2.05, 4.69) is 22.4 Å². The van der Waals surface area contributed by atoms with Crippen LogP contribution in [-0.2, 0) is 17.4 Å². The van der Waals surface area contributed by atoms with Crippen LogP contribution in [0.5, 0.6) is 0 Å². The van der Waals surface area contributed by atoms with E-state index in [1.165, 1.54) is 11.6 Å². The third-order valence-electron chi connectivity index (χ3n) is 4.29. The fraction of sp³-hybridized carbons (Fsp3) is 0.250. The van der Waals surface area contributed by atoms with Crippen LogP contribution >= 0.6 is 23.4 Å². The molecule has 0 saturated carbocycles. The van der Waals surface area contributed by atoms with Crippen molar-refractivity contribution in [2.45, 2.75) is 31.6 Å². The number of benzene rings is 2. The molecule has 5 nitrogen and oxygen atoms in total. The minimum atomic E-state index is -4.60. The maximum Gasteiger partial charge on any atom is 0.417 e. The van der Waals surface area contributed by atoms with Gasteiger partial charge in [-0.05, 0) is 49.2 Å². The fourth-order valence-corrected chi connectivity index (χ4v) is 3.78. The highest BCUT2D eigenvalue weighted by atomic mass is 35.5. The number of amides is 1. The number of aryl methyl sites for hydroxylation is 2. The van der Waals surface area contributed by atoms with Crippen molar-refractivity contribution < 1.29 is 18.0 Å². The smallest absolute Gasteiger partial charge is 0.325 e. The Bertz CT molecular complexity index is 1050. The molecule has 3 aromatic rings. The number of alkyl halides is 3. The van der Waals surface area contributed by atoms with Crippen molar-refractivity contribution in [1.29, 1.82) is 0 Å². The number of carbonyl (C=O) groups is 1. The summed E-state index contributed by atoms with van der Waals surface area (Å²) in [5.74, 6) is 0.147. The molecule has 0 atom stereocenters. The summed E-state index contributed by atoms with van der Waals surface area (Å²) in [7, 11) is 0. The number of hydrogen-bond donors (Lipinski definition) is 1. The summed E-state index contributed by atoms with van der Waals surface area (Å²) in [5, 5.41) is 10.7. The molecule has 0 aliphatic rings. The molecular weight excluding hydrogens is 437 g/mol. The first-order valence-corrected chi connectivity index (χ1v) is 10.4. The third kappa shape index (κ3) is 5.14. The van der Waals surface area contributed by atoms with Crippen molar-refractivity contribution in [3.05, 3.63) is 64.4 Å². The predicted octanol–water partition coefficient (Wildman–Crippen LogP) is 5.54. The zero-order chi connectivity index (χ0) is 21.9. The van der Waals surface area contributed by atoms with Gasteiger partial charge in [-0.25, -0.2) is 0 Å². The Morgan fingerprint density at radius 3 is 2.50 bits per heavy atom. The van der Waals surface area contributed by atoms with Crippen LogP contribution in [0.2, 0.25) is 5.02 Å². The van der Waals surface area contributed by atoms with Crippen LogP contribution in [-0.4, -0.2) is 26.4 Å². The number of hydrogen-bond acceptors (Lipinski definition) is 4. The Kier molecular flexibility index (Phi) is 6.72. The lowest BCUT2D eigenvalue weighted by Gasteiger charge is -2.12. The molecule has 2 aromatic carbocycles. The van der Waals surface area contributed by atoms with Gasteiger partial charge in [0, 0.05) is 11.4 Å². The van der Waals surface area contributed by atoms with Gasteiger partial charge in [-0.3, -0.25) is 9.36 Å². The zero-order valence-corrected chi connectivity index (χ0v) is 17.7. The summed E-state index contributed by atoms with van der Waals surface area (Å²) in [6.07, 6.45) is -3.68. The Balaban J connectivity index is 1.70. The lowest BCUT2D eigenvalue weighted by Crippen LogP contribution is -2.15. The number of nitrogens with one attached hydrogen (secondary N) is 1. The molecule has 10 heteroatoms. The Labute approximate surface area is 180 Å². The highest BCUT2D eigenvalue weighted by Gasteiger charge is 2.33. The summed E-state index contributed by atoms with van der Waals surface area (Å²) >= 11 is 6.74. The highest BCUT2D eigenvalue weighted by Crippen LogP contribution is 2.36. The molecule has 1 aromatic heterocycles. The zero-order valence-electron chi connectivity index (χ0n) is 16.1. The van der Waals surface area contributed by atoms with E-state index in [0.29, 0.717) is 11.0 Å². The van der Waals surface area contributed by atoms with E-state index in [0.717, 1.165) is 36.0 Å². The maximum absolute atomic E-state index is 13.0. The molecule has 0 spiro atoms. The van der Waals surface area contributed by atoms with Crippen LogP contribution in [0.1, 0.15) is 23.9 Å². The van der Waals surface area contributed by atoms with Crippen LogP contribution in [0.4, 0.5) is 18.9 Å². The number of aromatic nitrogens is 3. The molecule has 1 amide bonds. The van der Waals surface area contributed by atoms with Crippen LogP contribution in [0.3, 0.4) is 0 Å². The third-order valence-corrected chi connectivity index (χ3v) is 5.54. The SMILES string of the molecule is CCc1ccc(-n2c(C)nnc2SCC(=O)Nc2ccc(Cl)c(C(F)(F)F)c2)cc1. The summed E-state index contributed by atoms with van der Waals surface area (Å²) in [6.45, 7) is 3.87. The van der Waals surface area contributed by atoms with E-state index in [-0.39, 0.29) is 11.4 Å². The van der Waals surface area contributed by atoms with E-state index in [1.54, 1.807) is 6.92 Å². The lowest BCUT2D eigenvalue weighted by molar-refractivity contribution is -0.137. The van der Waals surface area contributed by atoms with Crippen molar-refractivity contribution in [3.63, 3.8) is 0 Å². The molecule has 0 aliphatic carbocycles. The lowest BCUT2D eigenvalue weighted by atomic mass is 10.1. The van der Waals surface area contributed by atoms with Gasteiger partial charge in [-0.2, -0.15) is 13.2 Å². The Morgan fingerprint density at radius 1 is 1.17 bits per heavy atom. The molecule has 0 radical (unpaired) electrons. The minimum Gasteiger partial charge on any atom is -0.325 e.